The van der Waals surface area contributed by atoms with Crippen molar-refractivity contribution in [2.45, 2.75) is 45.8 Å². The van der Waals surface area contributed by atoms with E-state index in [-0.39, 0.29) is 29.7 Å². The Morgan fingerprint density at radius 2 is 1.93 bits per heavy atom. The molecule has 27 heavy (non-hydrogen) atoms. The topological polar surface area (TPSA) is 105 Å². The van der Waals surface area contributed by atoms with E-state index >= 15 is 0 Å². The Morgan fingerprint density at radius 1 is 1.26 bits per heavy atom. The van der Waals surface area contributed by atoms with Crippen molar-refractivity contribution in [3.63, 3.8) is 0 Å². The van der Waals surface area contributed by atoms with E-state index in [1.807, 2.05) is 0 Å². The molecule has 8 nitrogen and oxygen atoms in total. The Kier molecular flexibility index (Phi) is 6.30. The minimum atomic E-state index is -1.08. The third kappa shape index (κ3) is 5.87. The number of hydrogen-bond acceptors (Lipinski definition) is 5. The van der Waals surface area contributed by atoms with Crippen LogP contribution in [0.1, 0.15) is 43.6 Å². The number of nitrogens with zero attached hydrogens (tertiary/aromatic N) is 1. The van der Waals surface area contributed by atoms with Gasteiger partial charge in [-0.1, -0.05) is 6.07 Å². The standard InChI is InChI=1S/C19H26N2O6/c1-5-26-15-8-12(6-7-14(15)17(23)24)9-16(22)20-13-10-21(11-13)18(25)27-19(2,3)4/h6-8,13H,5,9-11H2,1-4H3,(H,20,22)(H,23,24). The van der Waals surface area contributed by atoms with E-state index in [9.17, 15) is 14.4 Å². The molecule has 1 aliphatic heterocycles. The average Bonchev–Trinajstić information content (AvgIpc) is 2.48. The number of rotatable bonds is 6. The zero-order valence-corrected chi connectivity index (χ0v) is 16.1. The number of hydrogen-bond donors (Lipinski definition) is 2. The van der Waals surface area contributed by atoms with Gasteiger partial charge in [0.05, 0.1) is 19.1 Å². The summed E-state index contributed by atoms with van der Waals surface area (Å²) >= 11 is 0. The van der Waals surface area contributed by atoms with E-state index in [1.165, 1.54) is 11.0 Å². The number of likely N-dealkylation sites (tertiary alicyclic amines) is 1. The van der Waals surface area contributed by atoms with Crippen LogP contribution in [-0.4, -0.2) is 59.3 Å². The van der Waals surface area contributed by atoms with Gasteiger partial charge in [0.15, 0.2) is 0 Å². The summed E-state index contributed by atoms with van der Waals surface area (Å²) in [6.45, 7) is 8.31. The van der Waals surface area contributed by atoms with Crippen LogP contribution in [0.15, 0.2) is 18.2 Å². The Bertz CT molecular complexity index is 719. The third-order valence-electron chi connectivity index (χ3n) is 3.84. The van der Waals surface area contributed by atoms with Crippen molar-refractivity contribution in [2.24, 2.45) is 0 Å². The number of carbonyl (C=O) groups is 3. The number of carboxylic acids is 1. The van der Waals surface area contributed by atoms with Gasteiger partial charge in [-0.3, -0.25) is 4.79 Å². The summed E-state index contributed by atoms with van der Waals surface area (Å²) in [5.41, 5.74) is 0.170. The van der Waals surface area contributed by atoms with E-state index in [1.54, 1.807) is 39.8 Å². The highest BCUT2D eigenvalue weighted by molar-refractivity contribution is 5.91. The van der Waals surface area contributed by atoms with E-state index in [0.717, 1.165) is 0 Å². The molecule has 0 aromatic heterocycles. The van der Waals surface area contributed by atoms with E-state index < -0.39 is 17.7 Å². The Balaban J connectivity index is 1.86. The first-order chi connectivity index (χ1) is 12.6. The van der Waals surface area contributed by atoms with Crippen LogP contribution in [0.4, 0.5) is 4.79 Å². The zero-order chi connectivity index (χ0) is 20.2. The van der Waals surface area contributed by atoms with Crippen molar-refractivity contribution in [3.05, 3.63) is 29.3 Å². The molecule has 8 heteroatoms. The van der Waals surface area contributed by atoms with E-state index in [0.29, 0.717) is 25.3 Å². The van der Waals surface area contributed by atoms with Crippen LogP contribution in [-0.2, 0) is 16.0 Å². The molecule has 0 unspecified atom stereocenters. The first kappa shape index (κ1) is 20.5. The lowest BCUT2D eigenvalue weighted by molar-refractivity contribution is -0.122. The van der Waals surface area contributed by atoms with Gasteiger partial charge in [0, 0.05) is 13.1 Å². The molecule has 1 saturated heterocycles. The lowest BCUT2D eigenvalue weighted by Crippen LogP contribution is -2.61. The molecular formula is C19H26N2O6. The molecular weight excluding hydrogens is 352 g/mol. The van der Waals surface area contributed by atoms with Crippen LogP contribution >= 0.6 is 0 Å². The SMILES string of the molecule is CCOc1cc(CC(=O)NC2CN(C(=O)OC(C)(C)C)C2)ccc1C(=O)O. The first-order valence-electron chi connectivity index (χ1n) is 8.85. The van der Waals surface area contributed by atoms with E-state index in [4.69, 9.17) is 14.6 Å². The molecule has 2 N–H and O–H groups in total. The lowest BCUT2D eigenvalue weighted by Gasteiger charge is -2.40. The molecule has 1 aromatic rings. The second-order valence-corrected chi connectivity index (χ2v) is 7.40. The number of carbonyl (C=O) groups excluding carboxylic acids is 2. The Hall–Kier alpha value is -2.77. The molecule has 0 aliphatic carbocycles. The smallest absolute Gasteiger partial charge is 0.410 e. The molecule has 0 bridgehead atoms. The maximum absolute atomic E-state index is 12.2. The van der Waals surface area contributed by atoms with Gasteiger partial charge in [-0.05, 0) is 45.4 Å². The summed E-state index contributed by atoms with van der Waals surface area (Å²) in [6, 6.07) is 4.48. The number of ether oxygens (including phenoxy) is 2. The predicted molar refractivity (Wildman–Crippen MR) is 98.0 cm³/mol. The molecule has 148 valence electrons. The summed E-state index contributed by atoms with van der Waals surface area (Å²) in [6.07, 6.45) is -0.290. The molecule has 0 radical (unpaired) electrons. The van der Waals surface area contributed by atoms with Crippen LogP contribution in [0.25, 0.3) is 0 Å². The van der Waals surface area contributed by atoms with Gasteiger partial charge in [0.1, 0.15) is 16.9 Å². The normalized spacial score (nSPS) is 14.3. The molecule has 1 aliphatic rings. The van der Waals surface area contributed by atoms with Gasteiger partial charge in [-0.2, -0.15) is 0 Å². The van der Waals surface area contributed by atoms with Crippen LogP contribution in [0, 0.1) is 0 Å². The van der Waals surface area contributed by atoms with Gasteiger partial charge >= 0.3 is 12.1 Å². The molecule has 0 atom stereocenters. The maximum atomic E-state index is 12.2. The van der Waals surface area contributed by atoms with Crippen LogP contribution in [0.2, 0.25) is 0 Å². The molecule has 0 spiro atoms. The summed E-state index contributed by atoms with van der Waals surface area (Å²) in [7, 11) is 0. The monoisotopic (exact) mass is 378 g/mol. The predicted octanol–water partition coefficient (Wildman–Crippen LogP) is 2.06. The van der Waals surface area contributed by atoms with Gasteiger partial charge in [0.2, 0.25) is 5.91 Å². The Labute approximate surface area is 158 Å². The average molecular weight is 378 g/mol. The van der Waals surface area contributed by atoms with Gasteiger partial charge in [-0.15, -0.1) is 0 Å². The highest BCUT2D eigenvalue weighted by Crippen LogP contribution is 2.21. The summed E-state index contributed by atoms with van der Waals surface area (Å²) < 4.78 is 10.6. The number of nitrogens with one attached hydrogen (secondary N) is 1. The minimum Gasteiger partial charge on any atom is -0.493 e. The summed E-state index contributed by atoms with van der Waals surface area (Å²) in [4.78, 5) is 36.8. The van der Waals surface area contributed by atoms with Crippen LogP contribution < -0.4 is 10.1 Å². The fourth-order valence-electron chi connectivity index (χ4n) is 2.64. The zero-order valence-electron chi connectivity index (χ0n) is 16.1. The highest BCUT2D eigenvalue weighted by Gasteiger charge is 2.34. The van der Waals surface area contributed by atoms with Crippen molar-refractivity contribution in [1.29, 1.82) is 0 Å². The Morgan fingerprint density at radius 3 is 2.48 bits per heavy atom. The van der Waals surface area contributed by atoms with Gasteiger partial charge < -0.3 is 24.8 Å². The van der Waals surface area contributed by atoms with Crippen molar-refractivity contribution in [1.82, 2.24) is 10.2 Å². The van der Waals surface area contributed by atoms with Gasteiger partial charge in [-0.25, -0.2) is 9.59 Å². The molecule has 2 amide bonds. The second kappa shape index (κ2) is 8.28. The molecule has 0 saturated carbocycles. The number of carboxylic acid groups (broad SMARTS) is 1. The fourth-order valence-corrected chi connectivity index (χ4v) is 2.64. The highest BCUT2D eigenvalue weighted by atomic mass is 16.6. The van der Waals surface area contributed by atoms with Crippen molar-refractivity contribution in [3.8, 4) is 5.75 Å². The molecule has 1 heterocycles. The van der Waals surface area contributed by atoms with Crippen molar-refractivity contribution < 1.29 is 29.0 Å². The number of aromatic carboxylic acids is 1. The number of benzene rings is 1. The van der Waals surface area contributed by atoms with Gasteiger partial charge in [0.25, 0.3) is 0 Å². The van der Waals surface area contributed by atoms with Crippen molar-refractivity contribution >= 4 is 18.0 Å². The summed E-state index contributed by atoms with van der Waals surface area (Å²) in [5.74, 6) is -1.03. The summed E-state index contributed by atoms with van der Waals surface area (Å²) in [5, 5.41) is 12.0. The third-order valence-corrected chi connectivity index (χ3v) is 3.84. The molecule has 1 aromatic carbocycles. The van der Waals surface area contributed by atoms with Crippen LogP contribution in [0.3, 0.4) is 0 Å². The first-order valence-corrected chi connectivity index (χ1v) is 8.85. The lowest BCUT2D eigenvalue weighted by atomic mass is 10.1. The van der Waals surface area contributed by atoms with Crippen LogP contribution in [0.5, 0.6) is 5.75 Å². The van der Waals surface area contributed by atoms with Crippen molar-refractivity contribution in [2.75, 3.05) is 19.7 Å². The van der Waals surface area contributed by atoms with E-state index in [2.05, 4.69) is 5.32 Å². The molecule has 2 rings (SSSR count). The molecule has 1 fully saturated rings. The quantitative estimate of drug-likeness (QED) is 0.785. The maximum Gasteiger partial charge on any atom is 0.410 e. The largest absolute Gasteiger partial charge is 0.493 e. The second-order valence-electron chi connectivity index (χ2n) is 7.40. The number of amides is 2. The minimum absolute atomic E-state index is 0.0630. The fraction of sp³-hybridized carbons (Fsp3) is 0.526.